The highest BCUT2D eigenvalue weighted by Gasteiger charge is 2.45. The Balaban J connectivity index is 1.18. The van der Waals surface area contributed by atoms with Gasteiger partial charge in [-0.15, -0.1) is 0 Å². The van der Waals surface area contributed by atoms with Crippen LogP contribution in [0.15, 0.2) is 36.4 Å². The van der Waals surface area contributed by atoms with E-state index in [2.05, 4.69) is 34.1 Å². The van der Waals surface area contributed by atoms with Crippen molar-refractivity contribution >= 4 is 40.7 Å². The third-order valence-corrected chi connectivity index (χ3v) is 10.5. The van der Waals surface area contributed by atoms with Gasteiger partial charge in [-0.25, -0.2) is 0 Å². The lowest BCUT2D eigenvalue weighted by molar-refractivity contribution is -0.138. The van der Waals surface area contributed by atoms with Crippen LogP contribution in [0.1, 0.15) is 74.6 Å². The number of rotatable bonds is 4. The zero-order valence-electron chi connectivity index (χ0n) is 22.2. The van der Waals surface area contributed by atoms with Crippen LogP contribution in [0.5, 0.6) is 0 Å². The Labute approximate surface area is 236 Å². The molecule has 202 valence electrons. The van der Waals surface area contributed by atoms with Crippen LogP contribution in [0.2, 0.25) is 10.0 Å². The number of hydrogen-bond acceptors (Lipinski definition) is 3. The second-order valence-corrected chi connectivity index (χ2v) is 12.5. The molecule has 4 aliphatic rings. The zero-order valence-corrected chi connectivity index (χ0v) is 23.7. The number of carbonyl (C=O) groups is 2. The summed E-state index contributed by atoms with van der Waals surface area (Å²) in [5, 5.41) is 1.24. The Morgan fingerprint density at radius 3 is 2.47 bits per heavy atom. The van der Waals surface area contributed by atoms with Crippen LogP contribution in [0.3, 0.4) is 0 Å². The first-order valence-electron chi connectivity index (χ1n) is 14.3. The molecule has 2 aromatic carbocycles. The summed E-state index contributed by atoms with van der Waals surface area (Å²) in [7, 11) is 0. The van der Waals surface area contributed by atoms with Crippen molar-refractivity contribution in [2.75, 3.05) is 37.6 Å². The van der Waals surface area contributed by atoms with Gasteiger partial charge in [0.15, 0.2) is 0 Å². The fourth-order valence-electron chi connectivity index (χ4n) is 7.56. The van der Waals surface area contributed by atoms with Crippen LogP contribution in [-0.4, -0.2) is 54.3 Å². The van der Waals surface area contributed by atoms with E-state index >= 15 is 0 Å². The van der Waals surface area contributed by atoms with Gasteiger partial charge in [-0.1, -0.05) is 60.3 Å². The number of likely N-dealkylation sites (tertiary alicyclic amines) is 1. The fourth-order valence-corrected chi connectivity index (χ4v) is 8.00. The molecular formula is C31H37Cl2N3O2. The van der Waals surface area contributed by atoms with Gasteiger partial charge in [0.25, 0.3) is 0 Å². The summed E-state index contributed by atoms with van der Waals surface area (Å²) in [6.45, 7) is 6.11. The molecule has 3 heterocycles. The molecule has 1 unspecified atom stereocenters. The molecule has 0 aromatic heterocycles. The van der Waals surface area contributed by atoms with Gasteiger partial charge in [-0.05, 0) is 80.4 Å². The van der Waals surface area contributed by atoms with Gasteiger partial charge in [-0.2, -0.15) is 0 Å². The number of nitrogens with zero attached hydrogens (tertiary/aromatic N) is 3. The molecule has 38 heavy (non-hydrogen) atoms. The average Bonchev–Trinajstić information content (AvgIpc) is 3.58. The highest BCUT2D eigenvalue weighted by Crippen LogP contribution is 2.47. The molecule has 0 N–H and O–H groups in total. The predicted octanol–water partition coefficient (Wildman–Crippen LogP) is 6.40. The maximum absolute atomic E-state index is 13.6. The Morgan fingerprint density at radius 1 is 1.00 bits per heavy atom. The summed E-state index contributed by atoms with van der Waals surface area (Å²) in [6.07, 6.45) is 8.10. The van der Waals surface area contributed by atoms with Crippen molar-refractivity contribution in [2.24, 2.45) is 5.92 Å². The zero-order chi connectivity index (χ0) is 26.4. The molecule has 1 spiro atoms. The summed E-state index contributed by atoms with van der Waals surface area (Å²) in [5.74, 6) is 0.621. The first kappa shape index (κ1) is 26.2. The molecule has 2 aromatic rings. The highest BCUT2D eigenvalue weighted by molar-refractivity contribution is 6.42. The molecule has 3 aliphatic heterocycles. The minimum Gasteiger partial charge on any atom is -0.335 e. The van der Waals surface area contributed by atoms with E-state index in [1.165, 1.54) is 11.1 Å². The van der Waals surface area contributed by atoms with Gasteiger partial charge < -0.3 is 14.7 Å². The first-order chi connectivity index (χ1) is 18.4. The van der Waals surface area contributed by atoms with E-state index in [4.69, 9.17) is 23.2 Å². The number of benzene rings is 2. The number of anilines is 1. The molecule has 7 heteroatoms. The fraction of sp³-hybridized carbons (Fsp3) is 0.548. The number of para-hydroxylation sites is 1. The number of fused-ring (bicyclic) bond motifs is 3. The molecule has 1 saturated carbocycles. The molecule has 1 atom stereocenters. The van der Waals surface area contributed by atoms with Gasteiger partial charge in [0.2, 0.25) is 11.8 Å². The van der Waals surface area contributed by atoms with Gasteiger partial charge in [0, 0.05) is 43.6 Å². The molecule has 1 aliphatic carbocycles. The largest absolute Gasteiger partial charge is 0.335 e. The van der Waals surface area contributed by atoms with E-state index in [1.807, 2.05) is 17.0 Å². The third kappa shape index (κ3) is 4.55. The van der Waals surface area contributed by atoms with Crippen LogP contribution in [-0.2, 0) is 21.4 Å². The summed E-state index contributed by atoms with van der Waals surface area (Å²) >= 11 is 13.0. The first-order valence-corrected chi connectivity index (χ1v) is 15.0. The van der Waals surface area contributed by atoms with Crippen molar-refractivity contribution < 1.29 is 9.59 Å². The van der Waals surface area contributed by atoms with Crippen molar-refractivity contribution in [3.8, 4) is 0 Å². The minimum absolute atomic E-state index is 0.0397. The second kappa shape index (κ2) is 10.5. The summed E-state index contributed by atoms with van der Waals surface area (Å²) in [5.41, 5.74) is 4.75. The van der Waals surface area contributed by atoms with E-state index in [0.717, 1.165) is 88.8 Å². The molecule has 2 amide bonds. The summed E-state index contributed by atoms with van der Waals surface area (Å²) in [4.78, 5) is 32.7. The lowest BCUT2D eigenvalue weighted by Gasteiger charge is -2.42. The Kier molecular flexibility index (Phi) is 7.21. The molecule has 0 radical (unpaired) electrons. The highest BCUT2D eigenvalue weighted by atomic mass is 35.5. The molecular weight excluding hydrogens is 517 g/mol. The predicted molar refractivity (Wildman–Crippen MR) is 153 cm³/mol. The monoisotopic (exact) mass is 553 g/mol. The van der Waals surface area contributed by atoms with E-state index in [1.54, 1.807) is 6.92 Å². The van der Waals surface area contributed by atoms with Crippen molar-refractivity contribution in [1.29, 1.82) is 0 Å². The number of amides is 2. The second-order valence-electron chi connectivity index (χ2n) is 11.7. The smallest absolute Gasteiger partial charge is 0.226 e. The number of carbonyl (C=O) groups excluding carboxylic acids is 2. The molecule has 1 saturated heterocycles. The normalized spacial score (nSPS) is 23.1. The van der Waals surface area contributed by atoms with Crippen molar-refractivity contribution in [3.05, 3.63) is 63.1 Å². The van der Waals surface area contributed by atoms with Crippen molar-refractivity contribution in [1.82, 2.24) is 9.80 Å². The number of halogens is 2. The number of hydrogen-bond donors (Lipinski definition) is 0. The Hall–Kier alpha value is -2.08. The van der Waals surface area contributed by atoms with E-state index in [0.29, 0.717) is 22.5 Å². The third-order valence-electron chi connectivity index (χ3n) is 9.70. The topological polar surface area (TPSA) is 43.9 Å². The Morgan fingerprint density at radius 2 is 1.74 bits per heavy atom. The molecule has 6 rings (SSSR count). The molecule has 2 fully saturated rings. The van der Waals surface area contributed by atoms with Gasteiger partial charge in [0.05, 0.1) is 16.1 Å². The average molecular weight is 555 g/mol. The van der Waals surface area contributed by atoms with Crippen LogP contribution in [0, 0.1) is 5.92 Å². The lowest BCUT2D eigenvalue weighted by atomic mass is 9.74. The van der Waals surface area contributed by atoms with Gasteiger partial charge >= 0.3 is 0 Å². The Bertz CT molecular complexity index is 1230. The SMILES string of the molecule is CC(=O)N1CC2(CCN(CCC3c4ccc(Cl)c(Cl)c4CCN3C(=O)C3CCCC3)CC2)c2ccccc21. The molecule has 0 bridgehead atoms. The van der Waals surface area contributed by atoms with Gasteiger partial charge in [-0.3, -0.25) is 9.59 Å². The maximum Gasteiger partial charge on any atom is 0.226 e. The maximum atomic E-state index is 13.6. The number of piperidine rings is 1. The van der Waals surface area contributed by atoms with Crippen LogP contribution in [0.25, 0.3) is 0 Å². The van der Waals surface area contributed by atoms with E-state index in [-0.39, 0.29) is 23.3 Å². The van der Waals surface area contributed by atoms with E-state index < -0.39 is 0 Å². The standard InChI is InChI=1S/C31H37Cl2N3O2/c1-21(37)36-20-31(25-8-4-5-9-28(25)36)14-18-34(19-15-31)16-13-27-23-10-11-26(32)29(33)24(23)12-17-35(27)30(38)22-6-2-3-7-22/h4-5,8-11,22,27H,2-3,6-7,12-20H2,1H3. The molecule has 5 nitrogen and oxygen atoms in total. The minimum atomic E-state index is 0.0397. The quantitative estimate of drug-likeness (QED) is 0.440. The van der Waals surface area contributed by atoms with Crippen LogP contribution < -0.4 is 4.90 Å². The van der Waals surface area contributed by atoms with E-state index in [9.17, 15) is 9.59 Å². The summed E-state index contributed by atoms with van der Waals surface area (Å²) in [6, 6.07) is 12.5. The van der Waals surface area contributed by atoms with Crippen LogP contribution >= 0.6 is 23.2 Å². The lowest BCUT2D eigenvalue weighted by Crippen LogP contribution is -2.47. The van der Waals surface area contributed by atoms with Crippen molar-refractivity contribution in [2.45, 2.75) is 69.7 Å². The summed E-state index contributed by atoms with van der Waals surface area (Å²) < 4.78 is 0. The van der Waals surface area contributed by atoms with Crippen molar-refractivity contribution in [3.63, 3.8) is 0 Å². The van der Waals surface area contributed by atoms with Gasteiger partial charge in [0.1, 0.15) is 0 Å². The van der Waals surface area contributed by atoms with Crippen LogP contribution in [0.4, 0.5) is 5.69 Å².